The largest absolute Gasteiger partial charge is 0.378 e. The van der Waals surface area contributed by atoms with Crippen molar-refractivity contribution in [2.45, 2.75) is 13.3 Å². The fraction of sp³-hybridized carbons (Fsp3) is 0.273. The van der Waals surface area contributed by atoms with Crippen molar-refractivity contribution in [1.82, 2.24) is 0 Å². The summed E-state index contributed by atoms with van der Waals surface area (Å²) in [5, 5.41) is 3.01. The van der Waals surface area contributed by atoms with Gasteiger partial charge in [0.25, 0.3) is 0 Å². The fourth-order valence-electron chi connectivity index (χ4n) is 1.01. The lowest BCUT2D eigenvalue weighted by Crippen LogP contribution is -2.05. The van der Waals surface area contributed by atoms with Crippen molar-refractivity contribution in [3.8, 4) is 0 Å². The first kappa shape index (κ1) is 11.2. The quantitative estimate of drug-likeness (QED) is 0.806. The minimum absolute atomic E-state index is 0.247. The number of hydrogen-bond donors (Lipinski definition) is 1. The molecule has 0 heterocycles. The van der Waals surface area contributed by atoms with E-state index in [1.807, 2.05) is 6.92 Å². The molecule has 1 N–H and O–H groups in total. The molecule has 1 rings (SSSR count). The summed E-state index contributed by atoms with van der Waals surface area (Å²) in [5.74, 6) is -0.247. The maximum absolute atomic E-state index is 13.3. The van der Waals surface area contributed by atoms with Gasteiger partial charge in [0.05, 0.1) is 5.69 Å². The average molecular weight is 258 g/mol. The van der Waals surface area contributed by atoms with Crippen molar-refractivity contribution in [2.75, 3.05) is 11.9 Å². The SMILES string of the molecule is C=C(CC)CNc1c(F)cccc1Br. The monoisotopic (exact) mass is 257 g/mol. The number of anilines is 1. The van der Waals surface area contributed by atoms with Crippen LogP contribution in [0.25, 0.3) is 0 Å². The maximum atomic E-state index is 13.3. The van der Waals surface area contributed by atoms with Crippen LogP contribution in [0.5, 0.6) is 0 Å². The standard InChI is InChI=1S/C11H13BrFN/c1-3-8(2)7-14-11-9(12)5-4-6-10(11)13/h4-6,14H,2-3,7H2,1H3. The molecule has 76 valence electrons. The van der Waals surface area contributed by atoms with Gasteiger partial charge in [-0.15, -0.1) is 0 Å². The average Bonchev–Trinajstić information content (AvgIpc) is 2.16. The molecule has 0 amide bonds. The molecule has 0 aliphatic heterocycles. The summed E-state index contributed by atoms with van der Waals surface area (Å²) < 4.78 is 14.0. The molecule has 14 heavy (non-hydrogen) atoms. The van der Waals surface area contributed by atoms with Crippen LogP contribution in [0.2, 0.25) is 0 Å². The number of halogens is 2. The van der Waals surface area contributed by atoms with Gasteiger partial charge in [-0.3, -0.25) is 0 Å². The Morgan fingerprint density at radius 1 is 1.57 bits per heavy atom. The summed E-state index contributed by atoms with van der Waals surface area (Å²) in [7, 11) is 0. The lowest BCUT2D eigenvalue weighted by Gasteiger charge is -2.10. The molecule has 1 aromatic rings. The lowest BCUT2D eigenvalue weighted by atomic mass is 10.2. The van der Waals surface area contributed by atoms with E-state index >= 15 is 0 Å². The van der Waals surface area contributed by atoms with Crippen molar-refractivity contribution in [3.63, 3.8) is 0 Å². The van der Waals surface area contributed by atoms with E-state index in [1.165, 1.54) is 6.07 Å². The maximum Gasteiger partial charge on any atom is 0.147 e. The molecule has 0 spiro atoms. The molecule has 3 heteroatoms. The van der Waals surface area contributed by atoms with Crippen molar-refractivity contribution in [2.24, 2.45) is 0 Å². The van der Waals surface area contributed by atoms with Gasteiger partial charge in [-0.05, 0) is 34.5 Å². The predicted molar refractivity (Wildman–Crippen MR) is 62.0 cm³/mol. The van der Waals surface area contributed by atoms with Crippen LogP contribution in [-0.2, 0) is 0 Å². The second kappa shape index (κ2) is 5.15. The van der Waals surface area contributed by atoms with Crippen LogP contribution in [-0.4, -0.2) is 6.54 Å². The highest BCUT2D eigenvalue weighted by atomic mass is 79.9. The van der Waals surface area contributed by atoms with E-state index in [4.69, 9.17) is 0 Å². The summed E-state index contributed by atoms with van der Waals surface area (Å²) in [5.41, 5.74) is 1.56. The Morgan fingerprint density at radius 2 is 2.29 bits per heavy atom. The van der Waals surface area contributed by atoms with Crippen LogP contribution in [0.15, 0.2) is 34.8 Å². The van der Waals surface area contributed by atoms with Crippen LogP contribution in [0.3, 0.4) is 0 Å². The van der Waals surface area contributed by atoms with Crippen molar-refractivity contribution < 1.29 is 4.39 Å². The van der Waals surface area contributed by atoms with Gasteiger partial charge in [0.15, 0.2) is 0 Å². The number of nitrogens with one attached hydrogen (secondary N) is 1. The first-order chi connectivity index (χ1) is 6.65. The van der Waals surface area contributed by atoms with E-state index in [1.54, 1.807) is 12.1 Å². The first-order valence-electron chi connectivity index (χ1n) is 4.49. The second-order valence-corrected chi connectivity index (χ2v) is 3.91. The Labute approximate surface area is 92.1 Å². The predicted octanol–water partition coefficient (Wildman–Crippen LogP) is 3.97. The molecule has 1 aromatic carbocycles. The Bertz CT molecular complexity index is 316. The third-order valence-electron chi connectivity index (χ3n) is 1.98. The van der Waals surface area contributed by atoms with Crippen molar-refractivity contribution in [1.29, 1.82) is 0 Å². The molecule has 1 nitrogen and oxygen atoms in total. The Hall–Kier alpha value is -0.830. The molecule has 0 aliphatic carbocycles. The second-order valence-electron chi connectivity index (χ2n) is 3.05. The minimum atomic E-state index is -0.247. The van der Waals surface area contributed by atoms with Gasteiger partial charge in [-0.25, -0.2) is 4.39 Å². The summed E-state index contributed by atoms with van der Waals surface area (Å²) in [6, 6.07) is 4.90. The van der Waals surface area contributed by atoms with Gasteiger partial charge in [0.1, 0.15) is 5.82 Å². The Kier molecular flexibility index (Phi) is 4.14. The Morgan fingerprint density at radius 3 is 2.86 bits per heavy atom. The molecule has 0 bridgehead atoms. The van der Waals surface area contributed by atoms with Crippen LogP contribution in [0, 0.1) is 5.82 Å². The van der Waals surface area contributed by atoms with Gasteiger partial charge in [-0.1, -0.05) is 25.1 Å². The topological polar surface area (TPSA) is 12.0 Å². The highest BCUT2D eigenvalue weighted by Crippen LogP contribution is 2.25. The number of benzene rings is 1. The summed E-state index contributed by atoms with van der Waals surface area (Å²) >= 11 is 3.29. The molecule has 0 unspecified atom stereocenters. The molecular formula is C11H13BrFN. The molecule has 0 saturated carbocycles. The summed E-state index contributed by atoms with van der Waals surface area (Å²) in [6.07, 6.45) is 0.902. The third kappa shape index (κ3) is 2.84. The highest BCUT2D eigenvalue weighted by molar-refractivity contribution is 9.10. The van der Waals surface area contributed by atoms with E-state index < -0.39 is 0 Å². The molecular weight excluding hydrogens is 245 g/mol. The van der Waals surface area contributed by atoms with Gasteiger partial charge in [0, 0.05) is 11.0 Å². The van der Waals surface area contributed by atoms with Gasteiger partial charge >= 0.3 is 0 Å². The van der Waals surface area contributed by atoms with E-state index in [2.05, 4.69) is 27.8 Å². The molecule has 0 aliphatic rings. The van der Waals surface area contributed by atoms with E-state index in [-0.39, 0.29) is 5.82 Å². The number of para-hydroxylation sites is 1. The third-order valence-corrected chi connectivity index (χ3v) is 2.64. The van der Waals surface area contributed by atoms with Crippen LogP contribution >= 0.6 is 15.9 Å². The first-order valence-corrected chi connectivity index (χ1v) is 5.29. The Balaban J connectivity index is 2.71. The van der Waals surface area contributed by atoms with E-state index in [9.17, 15) is 4.39 Å². The molecule has 0 aromatic heterocycles. The number of rotatable bonds is 4. The van der Waals surface area contributed by atoms with E-state index in [0.29, 0.717) is 12.2 Å². The van der Waals surface area contributed by atoms with Crippen LogP contribution in [0.4, 0.5) is 10.1 Å². The molecule has 0 atom stereocenters. The smallest absolute Gasteiger partial charge is 0.147 e. The van der Waals surface area contributed by atoms with Gasteiger partial charge < -0.3 is 5.32 Å². The normalized spacial score (nSPS) is 9.93. The van der Waals surface area contributed by atoms with Gasteiger partial charge in [-0.2, -0.15) is 0 Å². The fourth-order valence-corrected chi connectivity index (χ4v) is 1.49. The zero-order valence-corrected chi connectivity index (χ0v) is 9.70. The highest BCUT2D eigenvalue weighted by Gasteiger charge is 2.04. The molecule has 0 radical (unpaired) electrons. The van der Waals surface area contributed by atoms with Crippen molar-refractivity contribution >= 4 is 21.6 Å². The van der Waals surface area contributed by atoms with Crippen molar-refractivity contribution in [3.05, 3.63) is 40.6 Å². The van der Waals surface area contributed by atoms with E-state index in [0.717, 1.165) is 16.5 Å². The van der Waals surface area contributed by atoms with Gasteiger partial charge in [0.2, 0.25) is 0 Å². The van der Waals surface area contributed by atoms with Crippen LogP contribution < -0.4 is 5.32 Å². The summed E-state index contributed by atoms with van der Waals surface area (Å²) in [6.45, 7) is 6.48. The molecule has 0 fully saturated rings. The number of hydrogen-bond acceptors (Lipinski definition) is 1. The van der Waals surface area contributed by atoms with Crippen LogP contribution in [0.1, 0.15) is 13.3 Å². The zero-order valence-electron chi connectivity index (χ0n) is 8.11. The molecule has 0 saturated heterocycles. The summed E-state index contributed by atoms with van der Waals surface area (Å²) in [4.78, 5) is 0. The zero-order chi connectivity index (χ0) is 10.6. The minimum Gasteiger partial charge on any atom is -0.378 e. The lowest BCUT2D eigenvalue weighted by molar-refractivity contribution is 0.630.